The highest BCUT2D eigenvalue weighted by atomic mass is 35.5. The Bertz CT molecular complexity index is 779. The van der Waals surface area contributed by atoms with Crippen LogP contribution in [0.15, 0.2) is 48.5 Å². The average Bonchev–Trinajstić information content (AvgIpc) is 2.94. The van der Waals surface area contributed by atoms with Gasteiger partial charge in [0.25, 0.3) is 0 Å². The highest BCUT2D eigenvalue weighted by Crippen LogP contribution is 2.29. The molecule has 0 spiro atoms. The molecule has 4 heteroatoms. The van der Waals surface area contributed by atoms with Gasteiger partial charge in [0.05, 0.1) is 6.10 Å². The molecule has 0 aliphatic carbocycles. The van der Waals surface area contributed by atoms with Gasteiger partial charge in [-0.05, 0) is 41.7 Å². The van der Waals surface area contributed by atoms with Crippen molar-refractivity contribution < 1.29 is 9.90 Å². The first-order valence-corrected chi connectivity index (χ1v) is 9.46. The Kier molecular flexibility index (Phi) is 5.40. The van der Waals surface area contributed by atoms with Crippen LogP contribution < -0.4 is 0 Å². The van der Waals surface area contributed by atoms with E-state index in [-0.39, 0.29) is 11.9 Å². The molecule has 1 aliphatic rings. The Labute approximate surface area is 160 Å². The number of rotatable bonds is 3. The molecule has 0 bridgehead atoms. The zero-order chi connectivity index (χ0) is 18.9. The lowest BCUT2D eigenvalue weighted by Gasteiger charge is -2.31. The molecule has 0 saturated carbocycles. The molecule has 2 atom stereocenters. The van der Waals surface area contributed by atoms with Crippen LogP contribution >= 0.6 is 11.6 Å². The summed E-state index contributed by atoms with van der Waals surface area (Å²) in [5.41, 5.74) is 2.94. The smallest absolute Gasteiger partial charge is 0.228 e. The number of halogens is 1. The summed E-state index contributed by atoms with van der Waals surface area (Å²) in [6.45, 7) is 6.21. The molecule has 0 aromatic heterocycles. The van der Waals surface area contributed by atoms with Gasteiger partial charge in [0, 0.05) is 23.0 Å². The second-order valence-electron chi connectivity index (χ2n) is 8.16. The van der Waals surface area contributed by atoms with E-state index in [0.29, 0.717) is 13.0 Å². The third kappa shape index (κ3) is 4.28. The van der Waals surface area contributed by atoms with Crippen molar-refractivity contribution in [3.63, 3.8) is 0 Å². The van der Waals surface area contributed by atoms with Crippen molar-refractivity contribution in [2.24, 2.45) is 5.41 Å². The standard InChI is InChI=1S/C22H26ClNO2/c1-22(2,3)21(26)24-14-20(25)13-19(24)11-15-7-9-16(10-8-15)17-5-4-6-18(23)12-17/h4-10,12,19-20,25H,11,13-14H2,1-3H3/t19-,20-/m1/s1. The van der Waals surface area contributed by atoms with Crippen LogP contribution in [0.3, 0.4) is 0 Å². The summed E-state index contributed by atoms with van der Waals surface area (Å²) in [7, 11) is 0. The van der Waals surface area contributed by atoms with Gasteiger partial charge >= 0.3 is 0 Å². The van der Waals surface area contributed by atoms with Crippen LogP contribution in [0.1, 0.15) is 32.8 Å². The lowest BCUT2D eigenvalue weighted by Crippen LogP contribution is -2.43. The minimum absolute atomic E-state index is 0.0498. The van der Waals surface area contributed by atoms with Gasteiger partial charge < -0.3 is 10.0 Å². The first-order valence-electron chi connectivity index (χ1n) is 9.08. The number of benzene rings is 2. The topological polar surface area (TPSA) is 40.5 Å². The average molecular weight is 372 g/mol. The van der Waals surface area contributed by atoms with Crippen molar-refractivity contribution in [1.29, 1.82) is 0 Å². The Morgan fingerprint density at radius 3 is 2.46 bits per heavy atom. The van der Waals surface area contributed by atoms with E-state index in [1.165, 1.54) is 5.56 Å². The van der Waals surface area contributed by atoms with E-state index in [9.17, 15) is 9.90 Å². The number of carbonyl (C=O) groups is 1. The van der Waals surface area contributed by atoms with Crippen LogP contribution in [0.4, 0.5) is 0 Å². The highest BCUT2D eigenvalue weighted by Gasteiger charge is 2.38. The fourth-order valence-electron chi connectivity index (χ4n) is 3.54. The third-order valence-electron chi connectivity index (χ3n) is 4.88. The quantitative estimate of drug-likeness (QED) is 0.859. The molecule has 26 heavy (non-hydrogen) atoms. The molecular formula is C22H26ClNO2. The molecule has 1 saturated heterocycles. The Hall–Kier alpha value is -1.84. The largest absolute Gasteiger partial charge is 0.391 e. The molecule has 0 unspecified atom stereocenters. The van der Waals surface area contributed by atoms with Crippen LogP contribution in [0.5, 0.6) is 0 Å². The molecule has 2 aromatic carbocycles. The molecule has 3 rings (SSSR count). The second kappa shape index (κ2) is 7.42. The number of hydrogen-bond donors (Lipinski definition) is 1. The van der Waals surface area contributed by atoms with Crippen molar-refractivity contribution in [3.8, 4) is 11.1 Å². The van der Waals surface area contributed by atoms with E-state index in [1.54, 1.807) is 0 Å². The maximum atomic E-state index is 12.7. The lowest BCUT2D eigenvalue weighted by atomic mass is 9.93. The van der Waals surface area contributed by atoms with Crippen molar-refractivity contribution in [1.82, 2.24) is 4.90 Å². The summed E-state index contributed by atoms with van der Waals surface area (Å²) in [6, 6.07) is 16.2. The van der Waals surface area contributed by atoms with Crippen LogP contribution in [0, 0.1) is 5.41 Å². The zero-order valence-electron chi connectivity index (χ0n) is 15.6. The van der Waals surface area contributed by atoms with Crippen molar-refractivity contribution >= 4 is 17.5 Å². The van der Waals surface area contributed by atoms with Gasteiger partial charge in [0.2, 0.25) is 5.91 Å². The summed E-state index contributed by atoms with van der Waals surface area (Å²) in [5.74, 6) is 0.106. The summed E-state index contributed by atoms with van der Waals surface area (Å²) in [5, 5.41) is 10.8. The number of nitrogens with zero attached hydrogens (tertiary/aromatic N) is 1. The number of hydrogen-bond acceptors (Lipinski definition) is 2. The Morgan fingerprint density at radius 2 is 1.85 bits per heavy atom. The van der Waals surface area contributed by atoms with E-state index in [0.717, 1.165) is 22.6 Å². The van der Waals surface area contributed by atoms with Gasteiger partial charge in [-0.3, -0.25) is 4.79 Å². The Balaban J connectivity index is 1.74. The highest BCUT2D eigenvalue weighted by molar-refractivity contribution is 6.30. The maximum absolute atomic E-state index is 12.7. The molecule has 1 N–H and O–H groups in total. The fraction of sp³-hybridized carbons (Fsp3) is 0.409. The first kappa shape index (κ1) is 18.9. The minimum Gasteiger partial charge on any atom is -0.391 e. The third-order valence-corrected chi connectivity index (χ3v) is 5.11. The number of likely N-dealkylation sites (tertiary alicyclic amines) is 1. The SMILES string of the molecule is CC(C)(C)C(=O)N1C[C@H](O)C[C@H]1Cc1ccc(-c2cccc(Cl)c2)cc1. The molecule has 1 heterocycles. The monoisotopic (exact) mass is 371 g/mol. The van der Waals surface area contributed by atoms with Gasteiger partial charge in [0.15, 0.2) is 0 Å². The van der Waals surface area contributed by atoms with Gasteiger partial charge in [-0.25, -0.2) is 0 Å². The zero-order valence-corrected chi connectivity index (χ0v) is 16.3. The summed E-state index contributed by atoms with van der Waals surface area (Å²) in [4.78, 5) is 14.5. The van der Waals surface area contributed by atoms with E-state index in [1.807, 2.05) is 49.9 Å². The maximum Gasteiger partial charge on any atom is 0.228 e. The fourth-order valence-corrected chi connectivity index (χ4v) is 3.73. The molecule has 2 aromatic rings. The second-order valence-corrected chi connectivity index (χ2v) is 8.60. The van der Waals surface area contributed by atoms with Crippen molar-refractivity contribution in [3.05, 3.63) is 59.1 Å². The van der Waals surface area contributed by atoms with Crippen molar-refractivity contribution in [2.45, 2.75) is 45.8 Å². The van der Waals surface area contributed by atoms with Gasteiger partial charge in [-0.2, -0.15) is 0 Å². The van der Waals surface area contributed by atoms with Crippen LogP contribution in [-0.4, -0.2) is 34.6 Å². The van der Waals surface area contributed by atoms with E-state index < -0.39 is 11.5 Å². The molecule has 138 valence electrons. The molecule has 1 fully saturated rings. The molecule has 1 amide bonds. The number of amides is 1. The van der Waals surface area contributed by atoms with Crippen LogP contribution in [0.25, 0.3) is 11.1 Å². The molecule has 3 nitrogen and oxygen atoms in total. The number of aliphatic hydroxyl groups is 1. The summed E-state index contributed by atoms with van der Waals surface area (Å²) < 4.78 is 0. The van der Waals surface area contributed by atoms with E-state index in [2.05, 4.69) is 24.3 Å². The first-order chi connectivity index (χ1) is 12.2. The predicted octanol–water partition coefficient (Wildman–Crippen LogP) is 4.56. The van der Waals surface area contributed by atoms with Crippen LogP contribution in [0.2, 0.25) is 5.02 Å². The molecule has 0 radical (unpaired) electrons. The summed E-state index contributed by atoms with van der Waals surface area (Å²) >= 11 is 6.07. The van der Waals surface area contributed by atoms with E-state index in [4.69, 9.17) is 11.6 Å². The molecular weight excluding hydrogens is 346 g/mol. The predicted molar refractivity (Wildman–Crippen MR) is 106 cm³/mol. The Morgan fingerprint density at radius 1 is 1.15 bits per heavy atom. The van der Waals surface area contributed by atoms with E-state index >= 15 is 0 Å². The van der Waals surface area contributed by atoms with Gasteiger partial charge in [0.1, 0.15) is 0 Å². The number of carbonyl (C=O) groups excluding carboxylic acids is 1. The summed E-state index contributed by atoms with van der Waals surface area (Å²) in [6.07, 6.45) is 0.962. The van der Waals surface area contributed by atoms with Gasteiger partial charge in [-0.15, -0.1) is 0 Å². The lowest BCUT2D eigenvalue weighted by molar-refractivity contribution is -0.140. The molecule has 1 aliphatic heterocycles. The number of β-amino-alcohol motifs (C(OH)–C–C–N with tert-alkyl or cyclic N) is 1. The number of aliphatic hydroxyl groups excluding tert-OH is 1. The van der Waals surface area contributed by atoms with Crippen LogP contribution in [-0.2, 0) is 11.2 Å². The van der Waals surface area contributed by atoms with Gasteiger partial charge in [-0.1, -0.05) is 68.8 Å². The minimum atomic E-state index is -0.433. The normalized spacial score (nSPS) is 20.4. The van der Waals surface area contributed by atoms with Crippen molar-refractivity contribution in [2.75, 3.05) is 6.54 Å².